The number of rotatable bonds is 3. The molecule has 0 spiro atoms. The molecule has 0 saturated heterocycles. The highest BCUT2D eigenvalue weighted by molar-refractivity contribution is 7.17. The van der Waals surface area contributed by atoms with Crippen molar-refractivity contribution in [1.29, 1.82) is 0 Å². The molecule has 0 amide bonds. The molecule has 0 radical (unpaired) electrons. The van der Waals surface area contributed by atoms with Gasteiger partial charge in [-0.05, 0) is 13.3 Å². The SMILES string of the molecule is CCc1sc2nccn2c1-c1ccc(C)c([N+](=O)[O-])c1. The number of nitro groups is 1. The molecule has 1 aromatic carbocycles. The third-order valence-electron chi connectivity index (χ3n) is 3.33. The Balaban J connectivity index is 2.27. The molecule has 0 atom stereocenters. The third kappa shape index (κ3) is 1.89. The lowest BCUT2D eigenvalue weighted by Gasteiger charge is -2.05. The molecule has 0 saturated carbocycles. The molecule has 0 aliphatic carbocycles. The largest absolute Gasteiger partial charge is 0.290 e. The summed E-state index contributed by atoms with van der Waals surface area (Å²) in [6, 6.07) is 5.38. The highest BCUT2D eigenvalue weighted by Gasteiger charge is 2.17. The summed E-state index contributed by atoms with van der Waals surface area (Å²) in [5, 5.41) is 11.1. The molecular weight excluding hydrogens is 274 g/mol. The summed E-state index contributed by atoms with van der Waals surface area (Å²) in [5.41, 5.74) is 2.70. The van der Waals surface area contributed by atoms with Gasteiger partial charge < -0.3 is 0 Å². The van der Waals surface area contributed by atoms with Crippen LogP contribution < -0.4 is 0 Å². The van der Waals surface area contributed by atoms with E-state index in [2.05, 4.69) is 11.9 Å². The minimum absolute atomic E-state index is 0.156. The number of thiazole rings is 1. The van der Waals surface area contributed by atoms with Gasteiger partial charge in [-0.25, -0.2) is 4.98 Å². The summed E-state index contributed by atoms with van der Waals surface area (Å²) in [5.74, 6) is 0. The maximum atomic E-state index is 11.1. The summed E-state index contributed by atoms with van der Waals surface area (Å²) in [7, 11) is 0. The van der Waals surface area contributed by atoms with E-state index in [4.69, 9.17) is 0 Å². The maximum absolute atomic E-state index is 11.1. The van der Waals surface area contributed by atoms with Gasteiger partial charge in [0.1, 0.15) is 0 Å². The van der Waals surface area contributed by atoms with Crippen LogP contribution in [0.15, 0.2) is 30.6 Å². The van der Waals surface area contributed by atoms with Crippen molar-refractivity contribution in [2.24, 2.45) is 0 Å². The van der Waals surface area contributed by atoms with Crippen LogP contribution in [0.2, 0.25) is 0 Å². The van der Waals surface area contributed by atoms with Gasteiger partial charge in [-0.2, -0.15) is 0 Å². The van der Waals surface area contributed by atoms with E-state index in [1.807, 2.05) is 16.7 Å². The minimum atomic E-state index is -0.331. The van der Waals surface area contributed by atoms with E-state index in [0.717, 1.165) is 22.6 Å². The Kier molecular flexibility index (Phi) is 3.02. The van der Waals surface area contributed by atoms with Crippen molar-refractivity contribution in [3.8, 4) is 11.3 Å². The maximum Gasteiger partial charge on any atom is 0.272 e. The van der Waals surface area contributed by atoms with Crippen molar-refractivity contribution >= 4 is 22.0 Å². The molecule has 3 aromatic rings. The molecule has 102 valence electrons. The van der Waals surface area contributed by atoms with Gasteiger partial charge in [0, 0.05) is 34.5 Å². The average molecular weight is 287 g/mol. The first-order chi connectivity index (χ1) is 9.61. The monoisotopic (exact) mass is 287 g/mol. The topological polar surface area (TPSA) is 60.4 Å². The molecule has 0 fully saturated rings. The summed E-state index contributed by atoms with van der Waals surface area (Å²) >= 11 is 1.63. The van der Waals surface area contributed by atoms with Gasteiger partial charge in [0.15, 0.2) is 4.96 Å². The van der Waals surface area contributed by atoms with Gasteiger partial charge in [-0.3, -0.25) is 14.5 Å². The zero-order valence-electron chi connectivity index (χ0n) is 11.2. The van der Waals surface area contributed by atoms with Crippen molar-refractivity contribution < 1.29 is 4.92 Å². The van der Waals surface area contributed by atoms with Crippen LogP contribution in [0.25, 0.3) is 16.2 Å². The second kappa shape index (κ2) is 4.72. The minimum Gasteiger partial charge on any atom is -0.290 e. The van der Waals surface area contributed by atoms with Crippen LogP contribution in [0.5, 0.6) is 0 Å². The van der Waals surface area contributed by atoms with Gasteiger partial charge in [-0.1, -0.05) is 19.1 Å². The Morgan fingerprint density at radius 3 is 2.95 bits per heavy atom. The van der Waals surface area contributed by atoms with E-state index in [9.17, 15) is 10.1 Å². The molecule has 0 unspecified atom stereocenters. The van der Waals surface area contributed by atoms with Crippen LogP contribution in [0.1, 0.15) is 17.4 Å². The van der Waals surface area contributed by atoms with Crippen LogP contribution in [-0.2, 0) is 6.42 Å². The summed E-state index contributed by atoms with van der Waals surface area (Å²) in [4.78, 5) is 17.2. The number of aromatic nitrogens is 2. The van der Waals surface area contributed by atoms with Gasteiger partial charge in [-0.15, -0.1) is 11.3 Å². The number of hydrogen-bond acceptors (Lipinski definition) is 4. The molecule has 0 bridgehead atoms. The van der Waals surface area contributed by atoms with E-state index < -0.39 is 0 Å². The average Bonchev–Trinajstić information content (AvgIpc) is 2.99. The Morgan fingerprint density at radius 1 is 1.45 bits per heavy atom. The van der Waals surface area contributed by atoms with E-state index in [1.165, 1.54) is 4.88 Å². The van der Waals surface area contributed by atoms with E-state index in [1.54, 1.807) is 36.6 Å². The van der Waals surface area contributed by atoms with Crippen LogP contribution >= 0.6 is 11.3 Å². The zero-order chi connectivity index (χ0) is 14.3. The lowest BCUT2D eigenvalue weighted by atomic mass is 10.1. The Morgan fingerprint density at radius 2 is 2.25 bits per heavy atom. The van der Waals surface area contributed by atoms with Crippen molar-refractivity contribution in [2.75, 3.05) is 0 Å². The first kappa shape index (κ1) is 12.8. The number of nitro benzene ring substituents is 1. The molecule has 0 aliphatic rings. The number of imidazole rings is 1. The summed E-state index contributed by atoms with van der Waals surface area (Å²) < 4.78 is 2.00. The Hall–Kier alpha value is -2.21. The van der Waals surface area contributed by atoms with Gasteiger partial charge in [0.25, 0.3) is 5.69 Å². The summed E-state index contributed by atoms with van der Waals surface area (Å²) in [6.45, 7) is 3.83. The van der Waals surface area contributed by atoms with Gasteiger partial charge in [0.05, 0.1) is 10.6 Å². The molecule has 3 rings (SSSR count). The van der Waals surface area contributed by atoms with E-state index >= 15 is 0 Å². The number of fused-ring (bicyclic) bond motifs is 1. The predicted molar refractivity (Wildman–Crippen MR) is 79.3 cm³/mol. The van der Waals surface area contributed by atoms with Crippen molar-refractivity contribution in [3.05, 3.63) is 51.1 Å². The Bertz CT molecular complexity index is 804. The second-order valence-corrected chi connectivity index (χ2v) is 5.63. The molecule has 0 aliphatic heterocycles. The van der Waals surface area contributed by atoms with Crippen LogP contribution in [0.3, 0.4) is 0 Å². The van der Waals surface area contributed by atoms with Crippen LogP contribution in [-0.4, -0.2) is 14.3 Å². The van der Waals surface area contributed by atoms with Crippen LogP contribution in [0, 0.1) is 17.0 Å². The van der Waals surface area contributed by atoms with Crippen LogP contribution in [0.4, 0.5) is 5.69 Å². The quantitative estimate of drug-likeness (QED) is 0.543. The normalized spacial score (nSPS) is 11.1. The van der Waals surface area contributed by atoms with Crippen molar-refractivity contribution in [1.82, 2.24) is 9.38 Å². The molecule has 2 aromatic heterocycles. The second-order valence-electron chi connectivity index (χ2n) is 4.57. The molecule has 20 heavy (non-hydrogen) atoms. The lowest BCUT2D eigenvalue weighted by molar-refractivity contribution is -0.385. The Labute approximate surface area is 119 Å². The van der Waals surface area contributed by atoms with Crippen molar-refractivity contribution in [2.45, 2.75) is 20.3 Å². The fourth-order valence-electron chi connectivity index (χ4n) is 2.32. The van der Waals surface area contributed by atoms with E-state index in [-0.39, 0.29) is 10.6 Å². The summed E-state index contributed by atoms with van der Waals surface area (Å²) in [6.07, 6.45) is 4.52. The predicted octanol–water partition coefficient (Wildman–Crippen LogP) is 3.84. The van der Waals surface area contributed by atoms with Crippen molar-refractivity contribution in [3.63, 3.8) is 0 Å². The third-order valence-corrected chi connectivity index (χ3v) is 4.54. The van der Waals surface area contributed by atoms with Gasteiger partial charge >= 0.3 is 0 Å². The highest BCUT2D eigenvalue weighted by Crippen LogP contribution is 2.34. The number of benzene rings is 1. The fourth-order valence-corrected chi connectivity index (χ4v) is 3.36. The number of nitrogens with zero attached hydrogens (tertiary/aromatic N) is 3. The smallest absolute Gasteiger partial charge is 0.272 e. The molecule has 2 heterocycles. The molecule has 0 N–H and O–H groups in total. The first-order valence-electron chi connectivity index (χ1n) is 6.32. The first-order valence-corrected chi connectivity index (χ1v) is 7.13. The standard InChI is InChI=1S/C14H13N3O2S/c1-3-12-13(16-7-6-15-14(16)20-12)10-5-4-9(2)11(8-10)17(18)19/h4-8H,3H2,1-2H3. The number of hydrogen-bond donors (Lipinski definition) is 0. The molecule has 6 heteroatoms. The zero-order valence-corrected chi connectivity index (χ0v) is 12.0. The fraction of sp³-hybridized carbons (Fsp3) is 0.214. The highest BCUT2D eigenvalue weighted by atomic mass is 32.1. The van der Waals surface area contributed by atoms with E-state index in [0.29, 0.717) is 5.56 Å². The lowest BCUT2D eigenvalue weighted by Crippen LogP contribution is -1.94. The molecule has 5 nitrogen and oxygen atoms in total. The number of aryl methyl sites for hydroxylation is 2. The van der Waals surface area contributed by atoms with Gasteiger partial charge in [0.2, 0.25) is 0 Å². The molecular formula is C14H13N3O2S.